The van der Waals surface area contributed by atoms with Gasteiger partial charge in [0, 0.05) is 18.0 Å². The maximum atomic E-state index is 13.0. The van der Waals surface area contributed by atoms with E-state index in [2.05, 4.69) is 17.1 Å². The van der Waals surface area contributed by atoms with Crippen molar-refractivity contribution < 1.29 is 19.1 Å². The van der Waals surface area contributed by atoms with E-state index in [0.717, 1.165) is 37.9 Å². The third-order valence-corrected chi connectivity index (χ3v) is 6.77. The first-order chi connectivity index (χ1) is 13.3. The van der Waals surface area contributed by atoms with Gasteiger partial charge in [-0.15, -0.1) is 11.3 Å². The largest absolute Gasteiger partial charge is 0.462 e. The van der Waals surface area contributed by atoms with Crippen LogP contribution in [0.1, 0.15) is 61.8 Å². The van der Waals surface area contributed by atoms with Crippen molar-refractivity contribution in [3.05, 3.63) is 16.0 Å². The van der Waals surface area contributed by atoms with Crippen molar-refractivity contribution in [3.63, 3.8) is 0 Å². The number of ether oxygens (including phenoxy) is 2. The number of nitrogens with one attached hydrogen (secondary N) is 1. The van der Waals surface area contributed by atoms with E-state index in [1.807, 2.05) is 20.8 Å². The van der Waals surface area contributed by atoms with Crippen LogP contribution in [0.2, 0.25) is 0 Å². The summed E-state index contributed by atoms with van der Waals surface area (Å²) < 4.78 is 11.1. The molecular formula is C21H32N2O4S. The van der Waals surface area contributed by atoms with E-state index in [0.29, 0.717) is 23.1 Å². The first kappa shape index (κ1) is 21.3. The quantitative estimate of drug-likeness (QED) is 0.756. The fourth-order valence-electron chi connectivity index (χ4n) is 4.17. The Morgan fingerprint density at radius 2 is 1.96 bits per heavy atom. The van der Waals surface area contributed by atoms with Gasteiger partial charge in [-0.3, -0.25) is 9.69 Å². The monoisotopic (exact) mass is 408 g/mol. The van der Waals surface area contributed by atoms with E-state index in [-0.39, 0.29) is 30.1 Å². The zero-order valence-corrected chi connectivity index (χ0v) is 18.4. The Kier molecular flexibility index (Phi) is 6.78. The maximum absolute atomic E-state index is 13.0. The van der Waals surface area contributed by atoms with Crippen molar-refractivity contribution in [3.8, 4) is 0 Å². The molecule has 2 heterocycles. The Morgan fingerprint density at radius 1 is 1.29 bits per heavy atom. The van der Waals surface area contributed by atoms with Gasteiger partial charge >= 0.3 is 5.97 Å². The number of fused-ring (bicyclic) bond motifs is 1. The lowest BCUT2D eigenvalue weighted by atomic mass is 9.88. The van der Waals surface area contributed by atoms with Crippen molar-refractivity contribution in [2.24, 2.45) is 5.92 Å². The molecule has 1 aliphatic carbocycles. The maximum Gasteiger partial charge on any atom is 0.341 e. The molecule has 28 heavy (non-hydrogen) atoms. The molecule has 1 aromatic heterocycles. The van der Waals surface area contributed by atoms with Crippen LogP contribution < -0.4 is 5.32 Å². The number of carbonyl (C=O) groups excluding carboxylic acids is 2. The molecule has 1 fully saturated rings. The fraction of sp³-hybridized carbons (Fsp3) is 0.714. The molecule has 1 N–H and O–H groups in total. The van der Waals surface area contributed by atoms with Gasteiger partial charge in [0.05, 0.1) is 30.4 Å². The summed E-state index contributed by atoms with van der Waals surface area (Å²) in [4.78, 5) is 29.0. The summed E-state index contributed by atoms with van der Waals surface area (Å²) in [5.74, 6) is 0.185. The summed E-state index contributed by atoms with van der Waals surface area (Å²) in [5.41, 5.74) is 1.64. The molecule has 1 saturated heterocycles. The number of morpholine rings is 1. The molecule has 156 valence electrons. The first-order valence-electron chi connectivity index (χ1n) is 10.3. The van der Waals surface area contributed by atoms with E-state index in [9.17, 15) is 9.59 Å². The number of anilines is 1. The minimum absolute atomic E-state index is 0.0847. The van der Waals surface area contributed by atoms with Crippen molar-refractivity contribution in [1.82, 2.24) is 4.90 Å². The highest BCUT2D eigenvalue weighted by molar-refractivity contribution is 7.17. The lowest BCUT2D eigenvalue weighted by Gasteiger charge is -2.38. The van der Waals surface area contributed by atoms with Crippen LogP contribution in [0.3, 0.4) is 0 Å². The normalized spacial score (nSPS) is 26.4. The second kappa shape index (κ2) is 8.93. The van der Waals surface area contributed by atoms with Gasteiger partial charge in [-0.05, 0) is 58.4 Å². The number of hydrogen-bond donors (Lipinski definition) is 1. The Balaban J connectivity index is 1.80. The van der Waals surface area contributed by atoms with Crippen molar-refractivity contribution in [2.75, 3.05) is 25.0 Å². The van der Waals surface area contributed by atoms with Gasteiger partial charge in [-0.25, -0.2) is 4.79 Å². The van der Waals surface area contributed by atoms with Gasteiger partial charge in [-0.2, -0.15) is 0 Å². The highest BCUT2D eigenvalue weighted by Crippen LogP contribution is 2.40. The lowest BCUT2D eigenvalue weighted by Crippen LogP contribution is -2.52. The molecule has 1 aromatic rings. The number of carbonyl (C=O) groups is 2. The highest BCUT2D eigenvalue weighted by Gasteiger charge is 2.32. The van der Waals surface area contributed by atoms with E-state index in [4.69, 9.17) is 9.47 Å². The summed E-state index contributed by atoms with van der Waals surface area (Å²) in [5, 5.41) is 3.69. The molecule has 4 atom stereocenters. The smallest absolute Gasteiger partial charge is 0.341 e. The summed E-state index contributed by atoms with van der Waals surface area (Å²) in [6, 6.07) is -0.290. The van der Waals surface area contributed by atoms with E-state index in [1.165, 1.54) is 16.2 Å². The molecule has 0 unspecified atom stereocenters. The molecule has 0 saturated carbocycles. The molecule has 0 bridgehead atoms. The fourth-order valence-corrected chi connectivity index (χ4v) is 5.58. The Hall–Kier alpha value is -1.44. The van der Waals surface area contributed by atoms with Gasteiger partial charge in [-0.1, -0.05) is 6.92 Å². The predicted molar refractivity (Wildman–Crippen MR) is 111 cm³/mol. The molecule has 0 aromatic carbocycles. The standard InChI is InChI=1S/C21H32N2O4S/c1-6-26-21(25)18-16-8-7-12(2)9-17(16)28-20(18)22-19(24)15(5)23-10-13(3)27-14(4)11-23/h12-15H,6-11H2,1-5H3,(H,22,24)/t12-,13-,14-,15-/m0/s1. The minimum atomic E-state index is -0.328. The zero-order chi connectivity index (χ0) is 20.4. The van der Waals surface area contributed by atoms with Crippen LogP contribution in [0.15, 0.2) is 0 Å². The average Bonchev–Trinajstić information content (AvgIpc) is 2.97. The third kappa shape index (κ3) is 4.58. The Morgan fingerprint density at radius 3 is 2.61 bits per heavy atom. The second-order valence-electron chi connectivity index (χ2n) is 8.15. The van der Waals surface area contributed by atoms with Crippen LogP contribution in [0, 0.1) is 5.92 Å². The molecule has 1 amide bonds. The number of rotatable bonds is 5. The van der Waals surface area contributed by atoms with Crippen molar-refractivity contribution in [1.29, 1.82) is 0 Å². The number of amides is 1. The summed E-state index contributed by atoms with van der Waals surface area (Å²) in [7, 11) is 0. The van der Waals surface area contributed by atoms with E-state index >= 15 is 0 Å². The molecule has 2 aliphatic rings. The molecular weight excluding hydrogens is 376 g/mol. The Bertz CT molecular complexity index is 722. The molecule has 3 rings (SSSR count). The van der Waals surface area contributed by atoms with Gasteiger partial charge < -0.3 is 14.8 Å². The lowest BCUT2D eigenvalue weighted by molar-refractivity contribution is -0.126. The number of thiophene rings is 1. The van der Waals surface area contributed by atoms with Crippen LogP contribution >= 0.6 is 11.3 Å². The molecule has 7 heteroatoms. The van der Waals surface area contributed by atoms with Gasteiger partial charge in [0.1, 0.15) is 5.00 Å². The Labute approximate surface area is 171 Å². The van der Waals surface area contributed by atoms with Crippen molar-refractivity contribution >= 4 is 28.2 Å². The van der Waals surface area contributed by atoms with Gasteiger partial charge in [0.2, 0.25) is 5.91 Å². The second-order valence-corrected chi connectivity index (χ2v) is 9.26. The third-order valence-electron chi connectivity index (χ3n) is 5.60. The van der Waals surface area contributed by atoms with Crippen LogP contribution in [0.25, 0.3) is 0 Å². The minimum Gasteiger partial charge on any atom is -0.462 e. The molecule has 6 nitrogen and oxygen atoms in total. The van der Waals surface area contributed by atoms with Crippen LogP contribution in [0.5, 0.6) is 0 Å². The van der Waals surface area contributed by atoms with E-state index < -0.39 is 0 Å². The van der Waals surface area contributed by atoms with Gasteiger partial charge in [0.15, 0.2) is 0 Å². The number of esters is 1. The highest BCUT2D eigenvalue weighted by atomic mass is 32.1. The van der Waals surface area contributed by atoms with Crippen LogP contribution in [-0.4, -0.2) is 54.7 Å². The summed E-state index contributed by atoms with van der Waals surface area (Å²) in [6.45, 7) is 11.8. The topological polar surface area (TPSA) is 67.9 Å². The van der Waals surface area contributed by atoms with Crippen LogP contribution in [-0.2, 0) is 27.1 Å². The first-order valence-corrected chi connectivity index (χ1v) is 11.1. The van der Waals surface area contributed by atoms with Gasteiger partial charge in [0.25, 0.3) is 0 Å². The summed E-state index contributed by atoms with van der Waals surface area (Å²) >= 11 is 1.54. The predicted octanol–water partition coefficient (Wildman–Crippen LogP) is 3.49. The average molecular weight is 409 g/mol. The SMILES string of the molecule is CCOC(=O)c1c(NC(=O)[C@H](C)N2C[C@H](C)O[C@@H](C)C2)sc2c1CC[C@H](C)C2. The zero-order valence-electron chi connectivity index (χ0n) is 17.5. The van der Waals surface area contributed by atoms with E-state index in [1.54, 1.807) is 6.92 Å². The molecule has 0 radical (unpaired) electrons. The number of hydrogen-bond acceptors (Lipinski definition) is 6. The summed E-state index contributed by atoms with van der Waals surface area (Å²) in [6.07, 6.45) is 3.08. The molecule has 0 spiro atoms. The number of nitrogens with zero attached hydrogens (tertiary/aromatic N) is 1. The van der Waals surface area contributed by atoms with Crippen molar-refractivity contribution in [2.45, 2.75) is 72.1 Å². The molecule has 1 aliphatic heterocycles. The van der Waals surface area contributed by atoms with Crippen LogP contribution in [0.4, 0.5) is 5.00 Å².